The van der Waals surface area contributed by atoms with Crippen LogP contribution in [0.25, 0.3) is 0 Å². The second-order valence-electron chi connectivity index (χ2n) is 4.76. The molecule has 1 rings (SSSR count). The van der Waals surface area contributed by atoms with Gasteiger partial charge in [-0.1, -0.05) is 19.8 Å². The summed E-state index contributed by atoms with van der Waals surface area (Å²) >= 11 is 0. The second kappa shape index (κ2) is 7.59. The van der Waals surface area contributed by atoms with Crippen LogP contribution < -0.4 is 17.0 Å². The van der Waals surface area contributed by atoms with Crippen molar-refractivity contribution in [3.05, 3.63) is 27.7 Å². The highest BCUT2D eigenvalue weighted by molar-refractivity contribution is 5.93. The summed E-state index contributed by atoms with van der Waals surface area (Å²) in [4.78, 5) is 23.4. The zero-order valence-electron chi connectivity index (χ0n) is 11.8. The van der Waals surface area contributed by atoms with E-state index in [4.69, 9.17) is 16.9 Å². The number of aromatic nitrogens is 1. The van der Waals surface area contributed by atoms with Crippen LogP contribution in [0.15, 0.2) is 11.0 Å². The van der Waals surface area contributed by atoms with Crippen LogP contribution in [0.5, 0.6) is 0 Å². The molecule has 0 aromatic carbocycles. The van der Waals surface area contributed by atoms with Gasteiger partial charge in [0.15, 0.2) is 6.29 Å². The molecule has 20 heavy (non-hydrogen) atoms. The number of unbranched alkanes of at least 4 members (excludes halogenated alkanes) is 1. The van der Waals surface area contributed by atoms with E-state index in [0.29, 0.717) is 19.3 Å². The lowest BCUT2D eigenvalue weighted by atomic mass is 10.0. The fourth-order valence-corrected chi connectivity index (χ4v) is 2.25. The molecule has 0 spiro atoms. The zero-order valence-corrected chi connectivity index (χ0v) is 11.8. The van der Waals surface area contributed by atoms with E-state index >= 15 is 0 Å². The van der Waals surface area contributed by atoms with Crippen LogP contribution in [0.1, 0.15) is 54.6 Å². The Balaban J connectivity index is 3.36. The fraction of sp³-hybridized carbons (Fsp3) is 0.500. The topological polar surface area (TPSA) is 115 Å². The summed E-state index contributed by atoms with van der Waals surface area (Å²) < 4.78 is 1.50. The minimum Gasteiger partial charge on any atom is -0.397 e. The average molecular weight is 278 g/mol. The first-order valence-electron chi connectivity index (χ1n) is 6.81. The number of rotatable bonds is 8. The van der Waals surface area contributed by atoms with E-state index in [1.807, 2.05) is 0 Å². The lowest BCUT2D eigenvalue weighted by Gasteiger charge is -2.21. The van der Waals surface area contributed by atoms with Gasteiger partial charge in [0.2, 0.25) is 0 Å². The predicted octanol–water partition coefficient (Wildman–Crippen LogP) is 1.32. The van der Waals surface area contributed by atoms with E-state index in [1.54, 1.807) is 0 Å². The van der Waals surface area contributed by atoms with Crippen molar-refractivity contribution >= 4 is 18.2 Å². The third-order valence-electron chi connectivity index (χ3n) is 3.40. The van der Waals surface area contributed by atoms with Gasteiger partial charge in [-0.2, -0.15) is 0 Å². The summed E-state index contributed by atoms with van der Waals surface area (Å²) in [5, 5.41) is 7.32. The van der Waals surface area contributed by atoms with Crippen LogP contribution in [0.2, 0.25) is 0 Å². The van der Waals surface area contributed by atoms with E-state index in [-0.39, 0.29) is 28.4 Å². The molecule has 5 N–H and O–H groups in total. The number of hydrogen-bond acceptors (Lipinski definition) is 5. The van der Waals surface area contributed by atoms with Gasteiger partial charge in [-0.05, 0) is 19.4 Å². The van der Waals surface area contributed by atoms with E-state index < -0.39 is 0 Å². The quantitative estimate of drug-likeness (QED) is 0.491. The molecule has 1 unspecified atom stereocenters. The third-order valence-corrected chi connectivity index (χ3v) is 3.40. The van der Waals surface area contributed by atoms with Crippen molar-refractivity contribution in [2.75, 3.05) is 12.3 Å². The number of nitrogen functional groups attached to an aromatic ring is 1. The summed E-state index contributed by atoms with van der Waals surface area (Å²) in [5.41, 5.74) is 11.4. The lowest BCUT2D eigenvalue weighted by molar-refractivity contribution is 0.112. The van der Waals surface area contributed by atoms with Crippen LogP contribution in [0, 0.1) is 5.41 Å². The van der Waals surface area contributed by atoms with E-state index in [2.05, 4.69) is 6.92 Å². The van der Waals surface area contributed by atoms with Gasteiger partial charge >= 0.3 is 0 Å². The lowest BCUT2D eigenvalue weighted by Crippen LogP contribution is -2.30. The van der Waals surface area contributed by atoms with Crippen molar-refractivity contribution in [3.8, 4) is 0 Å². The molecule has 1 heterocycles. The fourth-order valence-electron chi connectivity index (χ4n) is 2.25. The molecule has 0 amide bonds. The van der Waals surface area contributed by atoms with E-state index in [0.717, 1.165) is 25.5 Å². The molecule has 1 aromatic heterocycles. The first-order valence-corrected chi connectivity index (χ1v) is 6.81. The normalized spacial score (nSPS) is 12.1. The van der Waals surface area contributed by atoms with Crippen molar-refractivity contribution in [3.63, 3.8) is 0 Å². The molecule has 1 atom stereocenters. The maximum absolute atomic E-state index is 12.3. The molecule has 0 aliphatic rings. The Morgan fingerprint density at radius 3 is 2.65 bits per heavy atom. The molecule has 0 saturated carbocycles. The van der Waals surface area contributed by atoms with Crippen LogP contribution in [0.4, 0.5) is 5.69 Å². The molecule has 0 radical (unpaired) electrons. The Morgan fingerprint density at radius 1 is 1.45 bits per heavy atom. The molecule has 0 aliphatic carbocycles. The van der Waals surface area contributed by atoms with Crippen LogP contribution >= 0.6 is 0 Å². The molecule has 6 heteroatoms. The summed E-state index contributed by atoms with van der Waals surface area (Å²) in [7, 11) is 0. The summed E-state index contributed by atoms with van der Waals surface area (Å²) in [5.74, 6) is 0. The first kappa shape index (κ1) is 16.1. The van der Waals surface area contributed by atoms with Crippen LogP contribution in [-0.4, -0.2) is 23.6 Å². The molecule has 110 valence electrons. The van der Waals surface area contributed by atoms with Crippen LogP contribution in [-0.2, 0) is 0 Å². The monoisotopic (exact) mass is 278 g/mol. The molecule has 0 fully saturated rings. The summed E-state index contributed by atoms with van der Waals surface area (Å²) in [6.07, 6.45) is 6.44. The molecule has 6 nitrogen and oxygen atoms in total. The molecule has 1 aromatic rings. The number of nitrogens with one attached hydrogen (secondary N) is 1. The smallest absolute Gasteiger partial charge is 0.261 e. The average Bonchev–Trinajstić information content (AvgIpc) is 2.45. The molecule has 0 aliphatic heterocycles. The van der Waals surface area contributed by atoms with Gasteiger partial charge in [0.1, 0.15) is 0 Å². The summed E-state index contributed by atoms with van der Waals surface area (Å²) in [6.45, 7) is 2.53. The second-order valence-corrected chi connectivity index (χ2v) is 4.76. The van der Waals surface area contributed by atoms with Crippen molar-refractivity contribution in [2.45, 2.75) is 38.6 Å². The van der Waals surface area contributed by atoms with E-state index in [1.165, 1.54) is 10.8 Å². The first-order chi connectivity index (χ1) is 9.60. The van der Waals surface area contributed by atoms with Gasteiger partial charge in [-0.3, -0.25) is 9.59 Å². The van der Waals surface area contributed by atoms with Gasteiger partial charge in [0.25, 0.3) is 5.56 Å². The molecule has 0 saturated heterocycles. The van der Waals surface area contributed by atoms with Crippen molar-refractivity contribution < 1.29 is 4.79 Å². The number of hydrogen-bond donors (Lipinski definition) is 3. The van der Waals surface area contributed by atoms with Gasteiger partial charge in [-0.15, -0.1) is 0 Å². The third kappa shape index (κ3) is 3.33. The number of carbonyl (C=O) groups is 1. The van der Waals surface area contributed by atoms with Gasteiger partial charge in [0, 0.05) is 18.5 Å². The zero-order chi connectivity index (χ0) is 15.1. The standard InChI is InChI=1S/C14H22N4O2/c1-2-3-4-11(5-6-15)18-8-10(9-19)13(17)12(7-16)14(18)20/h7-9,11,16H,2-6,15,17H2,1H3. The largest absolute Gasteiger partial charge is 0.397 e. The van der Waals surface area contributed by atoms with Gasteiger partial charge in [0.05, 0.1) is 16.8 Å². The van der Waals surface area contributed by atoms with Crippen molar-refractivity contribution in [1.82, 2.24) is 4.57 Å². The Hall–Kier alpha value is -1.95. The van der Waals surface area contributed by atoms with Crippen molar-refractivity contribution in [1.29, 1.82) is 5.41 Å². The van der Waals surface area contributed by atoms with E-state index in [9.17, 15) is 9.59 Å². The number of nitrogens with two attached hydrogens (primary N) is 2. The molecular weight excluding hydrogens is 256 g/mol. The van der Waals surface area contributed by atoms with Gasteiger partial charge in [-0.25, -0.2) is 0 Å². The minimum atomic E-state index is -0.336. The van der Waals surface area contributed by atoms with Gasteiger partial charge < -0.3 is 21.4 Å². The Kier molecular flexibility index (Phi) is 6.11. The molecule has 0 bridgehead atoms. The molecular formula is C14H22N4O2. The Bertz CT molecular complexity index is 537. The van der Waals surface area contributed by atoms with Crippen molar-refractivity contribution in [2.24, 2.45) is 5.73 Å². The number of nitrogens with zero attached hydrogens (tertiary/aromatic N) is 1. The number of anilines is 1. The number of carbonyl (C=O) groups excluding carboxylic acids is 1. The maximum Gasteiger partial charge on any atom is 0.261 e. The maximum atomic E-state index is 12.3. The highest BCUT2D eigenvalue weighted by Crippen LogP contribution is 2.20. The predicted molar refractivity (Wildman–Crippen MR) is 80.6 cm³/mol. The minimum absolute atomic E-state index is 0.0631. The Morgan fingerprint density at radius 2 is 2.15 bits per heavy atom. The SMILES string of the molecule is CCCCC(CCN)n1cc(C=O)c(N)c(C=N)c1=O. The number of aldehydes is 1. The van der Waals surface area contributed by atoms with Crippen LogP contribution in [0.3, 0.4) is 0 Å². The highest BCUT2D eigenvalue weighted by Gasteiger charge is 2.17. The number of pyridine rings is 1. The highest BCUT2D eigenvalue weighted by atomic mass is 16.1. The Labute approximate surface area is 118 Å². The summed E-state index contributed by atoms with van der Waals surface area (Å²) in [6, 6.07) is -0.0644.